The minimum Gasteiger partial charge on any atom is -0.362 e. The molecule has 0 spiro atoms. The van der Waals surface area contributed by atoms with Crippen LogP contribution in [0.5, 0.6) is 0 Å². The number of nitrogens with zero attached hydrogens (tertiary/aromatic N) is 4. The molecule has 0 saturated carbocycles. The van der Waals surface area contributed by atoms with Crippen molar-refractivity contribution >= 4 is 5.91 Å². The molecule has 2 aliphatic rings. The van der Waals surface area contributed by atoms with Gasteiger partial charge in [-0.05, 0) is 25.8 Å². The molecule has 2 fully saturated rings. The molecule has 2 aromatic rings. The number of carbonyl (C=O) groups excluding carboxylic acids is 1. The van der Waals surface area contributed by atoms with Crippen molar-refractivity contribution < 1.29 is 9.53 Å². The number of fused-ring (bicyclic) bond motifs is 1. The van der Waals surface area contributed by atoms with Gasteiger partial charge in [0.25, 0.3) is 0 Å². The number of aromatic nitrogens is 2. The largest absolute Gasteiger partial charge is 0.362 e. The van der Waals surface area contributed by atoms with Gasteiger partial charge in [0, 0.05) is 44.5 Å². The van der Waals surface area contributed by atoms with Gasteiger partial charge < -0.3 is 9.64 Å². The second-order valence-electron chi connectivity index (χ2n) is 8.00. The normalized spacial score (nSPS) is 26.3. The number of amides is 1. The molecule has 1 aromatic heterocycles. The zero-order valence-electron chi connectivity index (χ0n) is 16.4. The number of hydrogen-bond donors (Lipinski definition) is 0. The Kier molecular flexibility index (Phi) is 4.78. The molecule has 1 aromatic carbocycles. The van der Waals surface area contributed by atoms with E-state index in [4.69, 9.17) is 4.74 Å². The van der Waals surface area contributed by atoms with E-state index in [1.54, 1.807) is 0 Å². The summed E-state index contributed by atoms with van der Waals surface area (Å²) in [6, 6.07) is 10.3. The highest BCUT2D eigenvalue weighted by molar-refractivity contribution is 5.79. The van der Waals surface area contributed by atoms with Crippen LogP contribution in [0.3, 0.4) is 0 Å². The lowest BCUT2D eigenvalue weighted by Crippen LogP contribution is -2.67. The van der Waals surface area contributed by atoms with Gasteiger partial charge >= 0.3 is 0 Å². The third-order valence-corrected chi connectivity index (χ3v) is 6.11. The van der Waals surface area contributed by atoms with Crippen molar-refractivity contribution in [2.75, 3.05) is 19.7 Å². The molecule has 0 aliphatic carbocycles. The summed E-state index contributed by atoms with van der Waals surface area (Å²) >= 11 is 0. The van der Waals surface area contributed by atoms with Crippen molar-refractivity contribution in [3.63, 3.8) is 0 Å². The highest BCUT2D eigenvalue weighted by atomic mass is 16.5. The van der Waals surface area contributed by atoms with E-state index in [0.29, 0.717) is 6.54 Å². The molecule has 0 bridgehead atoms. The van der Waals surface area contributed by atoms with Crippen LogP contribution >= 0.6 is 0 Å². The predicted molar refractivity (Wildman–Crippen MR) is 103 cm³/mol. The van der Waals surface area contributed by atoms with Crippen LogP contribution < -0.4 is 0 Å². The Morgan fingerprint density at radius 1 is 1.26 bits per heavy atom. The fourth-order valence-corrected chi connectivity index (χ4v) is 4.40. The van der Waals surface area contributed by atoms with Gasteiger partial charge in [-0.3, -0.25) is 14.4 Å². The van der Waals surface area contributed by atoms with Crippen molar-refractivity contribution in [2.24, 2.45) is 7.05 Å². The van der Waals surface area contributed by atoms with E-state index >= 15 is 0 Å². The summed E-state index contributed by atoms with van der Waals surface area (Å²) < 4.78 is 8.02. The molecule has 2 atom stereocenters. The number of likely N-dealkylation sites (tertiary alicyclic amines) is 1. The van der Waals surface area contributed by atoms with E-state index in [2.05, 4.69) is 36.0 Å². The zero-order chi connectivity index (χ0) is 19.0. The molecule has 3 heterocycles. The zero-order valence-corrected chi connectivity index (χ0v) is 16.4. The summed E-state index contributed by atoms with van der Waals surface area (Å²) in [5.74, 6) is 0.0953. The number of benzene rings is 1. The quantitative estimate of drug-likeness (QED) is 0.830. The van der Waals surface area contributed by atoms with E-state index in [9.17, 15) is 4.79 Å². The maximum Gasteiger partial charge on any atom is 0.249 e. The van der Waals surface area contributed by atoms with Crippen molar-refractivity contribution in [3.8, 4) is 0 Å². The fraction of sp³-hybridized carbons (Fsp3) is 0.524. The topological polar surface area (TPSA) is 50.6 Å². The second kappa shape index (κ2) is 7.09. The highest BCUT2D eigenvalue weighted by Crippen LogP contribution is 2.34. The summed E-state index contributed by atoms with van der Waals surface area (Å²) in [5.41, 5.74) is 3.29. The van der Waals surface area contributed by atoms with Crippen molar-refractivity contribution in [3.05, 3.63) is 53.3 Å². The summed E-state index contributed by atoms with van der Waals surface area (Å²) in [4.78, 5) is 17.1. The average molecular weight is 368 g/mol. The maximum atomic E-state index is 12.6. The monoisotopic (exact) mass is 368 g/mol. The number of morpholine rings is 1. The molecule has 0 unspecified atom stereocenters. The first-order valence-electron chi connectivity index (χ1n) is 9.63. The van der Waals surface area contributed by atoms with E-state index in [1.807, 2.05) is 41.0 Å². The SMILES string of the molecule is Cc1c(CN2CC[C@H]3N(Cc4ccccc4)C(=O)CO[C@]3(C)C2)cnn1C. The number of piperidine rings is 1. The van der Waals surface area contributed by atoms with Crippen molar-refractivity contribution in [1.82, 2.24) is 19.6 Å². The van der Waals surface area contributed by atoms with Crippen molar-refractivity contribution in [2.45, 2.75) is 45.0 Å². The van der Waals surface area contributed by atoms with Gasteiger partial charge in [-0.1, -0.05) is 30.3 Å². The van der Waals surface area contributed by atoms with Crippen LogP contribution in [0.4, 0.5) is 0 Å². The summed E-state index contributed by atoms with van der Waals surface area (Å²) in [5, 5.41) is 4.36. The number of hydrogen-bond acceptors (Lipinski definition) is 4. The number of aryl methyl sites for hydroxylation is 1. The summed E-state index contributed by atoms with van der Waals surface area (Å²) in [6.07, 6.45) is 2.88. The fourth-order valence-electron chi connectivity index (χ4n) is 4.40. The predicted octanol–water partition coefficient (Wildman–Crippen LogP) is 2.12. The molecule has 0 radical (unpaired) electrons. The molecule has 6 heteroatoms. The Labute approximate surface area is 160 Å². The lowest BCUT2D eigenvalue weighted by atomic mass is 9.85. The Hall–Kier alpha value is -2.18. The molecular formula is C21H28N4O2. The first-order chi connectivity index (χ1) is 13.0. The number of rotatable bonds is 4. The molecule has 1 amide bonds. The average Bonchev–Trinajstić information content (AvgIpc) is 2.97. The Morgan fingerprint density at radius 3 is 2.74 bits per heavy atom. The van der Waals surface area contributed by atoms with Crippen LogP contribution in [0.15, 0.2) is 36.5 Å². The Balaban J connectivity index is 1.49. The van der Waals surface area contributed by atoms with Crippen molar-refractivity contribution in [1.29, 1.82) is 0 Å². The van der Waals surface area contributed by atoms with Gasteiger partial charge in [-0.25, -0.2) is 0 Å². The van der Waals surface area contributed by atoms with E-state index in [0.717, 1.165) is 26.1 Å². The lowest BCUT2D eigenvalue weighted by Gasteiger charge is -2.53. The molecule has 0 N–H and O–H groups in total. The van der Waals surface area contributed by atoms with Gasteiger partial charge in [0.05, 0.1) is 17.8 Å². The Bertz CT molecular complexity index is 819. The highest BCUT2D eigenvalue weighted by Gasteiger charge is 2.48. The standard InChI is InChI=1S/C21H28N4O2/c1-16-18(11-22-23(16)3)13-24-10-9-19-21(2,15-24)27-14-20(26)25(19)12-17-7-5-4-6-8-17/h4-8,11,19H,9-10,12-15H2,1-3H3/t19-,21-/m1/s1. The van der Waals surface area contributed by atoms with Gasteiger partial charge in [-0.2, -0.15) is 5.10 Å². The third-order valence-electron chi connectivity index (χ3n) is 6.11. The van der Waals surface area contributed by atoms with E-state index < -0.39 is 0 Å². The first kappa shape index (κ1) is 18.2. The second-order valence-corrected chi connectivity index (χ2v) is 8.00. The van der Waals surface area contributed by atoms with E-state index in [-0.39, 0.29) is 24.2 Å². The minimum absolute atomic E-state index is 0.0953. The molecule has 4 rings (SSSR count). The minimum atomic E-state index is -0.336. The smallest absolute Gasteiger partial charge is 0.249 e. The van der Waals surface area contributed by atoms with Gasteiger partial charge in [0.2, 0.25) is 5.91 Å². The third kappa shape index (κ3) is 3.51. The van der Waals surface area contributed by atoms with E-state index in [1.165, 1.54) is 16.8 Å². The van der Waals surface area contributed by atoms with Crippen LogP contribution in [0.2, 0.25) is 0 Å². The van der Waals surface area contributed by atoms with Gasteiger partial charge in [-0.15, -0.1) is 0 Å². The number of carbonyl (C=O) groups is 1. The van der Waals surface area contributed by atoms with Gasteiger partial charge in [0.1, 0.15) is 6.61 Å². The van der Waals surface area contributed by atoms with Crippen LogP contribution in [0.25, 0.3) is 0 Å². The summed E-state index contributed by atoms with van der Waals surface area (Å²) in [7, 11) is 1.98. The lowest BCUT2D eigenvalue weighted by molar-refractivity contribution is -0.189. The molecular weight excluding hydrogens is 340 g/mol. The van der Waals surface area contributed by atoms with Crippen LogP contribution in [0, 0.1) is 6.92 Å². The molecule has 144 valence electrons. The first-order valence-corrected chi connectivity index (χ1v) is 9.63. The molecule has 2 saturated heterocycles. The molecule has 27 heavy (non-hydrogen) atoms. The Morgan fingerprint density at radius 2 is 2.04 bits per heavy atom. The molecule has 6 nitrogen and oxygen atoms in total. The maximum absolute atomic E-state index is 12.6. The number of ether oxygens (including phenoxy) is 1. The van der Waals surface area contributed by atoms with Crippen LogP contribution in [0.1, 0.15) is 30.2 Å². The molecule has 2 aliphatic heterocycles. The summed E-state index contributed by atoms with van der Waals surface area (Å²) in [6.45, 7) is 7.74. The van der Waals surface area contributed by atoms with Crippen LogP contribution in [-0.4, -0.2) is 56.8 Å². The van der Waals surface area contributed by atoms with Gasteiger partial charge in [0.15, 0.2) is 0 Å². The van der Waals surface area contributed by atoms with Crippen LogP contribution in [-0.2, 0) is 29.7 Å².